The van der Waals surface area contributed by atoms with Gasteiger partial charge in [-0.3, -0.25) is 0 Å². The van der Waals surface area contributed by atoms with Gasteiger partial charge in [-0.1, -0.05) is 103 Å². The van der Waals surface area contributed by atoms with E-state index in [0.29, 0.717) is 0 Å². The van der Waals surface area contributed by atoms with E-state index in [1.165, 1.54) is 48.7 Å². The molecule has 0 radical (unpaired) electrons. The second kappa shape index (κ2) is 6.34. The van der Waals surface area contributed by atoms with Gasteiger partial charge in [0, 0.05) is 10.6 Å². The summed E-state index contributed by atoms with van der Waals surface area (Å²) in [4.78, 5) is 0. The number of halogens is 1. The third-order valence-corrected chi connectivity index (χ3v) is 6.22. The summed E-state index contributed by atoms with van der Waals surface area (Å²) in [6.07, 6.45) is 0. The topological polar surface area (TPSA) is 0 Å². The zero-order valence-corrected chi connectivity index (χ0v) is 16.4. The largest absolute Gasteiger partial charge is 0.0837 e. The van der Waals surface area contributed by atoms with Gasteiger partial charge in [0.2, 0.25) is 0 Å². The van der Waals surface area contributed by atoms with Crippen molar-refractivity contribution in [1.82, 2.24) is 0 Å². The van der Waals surface area contributed by atoms with Gasteiger partial charge in [0.05, 0.1) is 0 Å². The maximum absolute atomic E-state index is 6.62. The summed E-state index contributed by atoms with van der Waals surface area (Å²) < 4.78 is 0. The summed E-state index contributed by atoms with van der Waals surface area (Å²) in [7, 11) is 0. The van der Waals surface area contributed by atoms with Crippen LogP contribution >= 0.6 is 11.6 Å². The molecule has 0 aromatic heterocycles. The van der Waals surface area contributed by atoms with Crippen LogP contribution in [0.4, 0.5) is 0 Å². The fourth-order valence-electron chi connectivity index (χ4n) is 4.59. The van der Waals surface area contributed by atoms with Gasteiger partial charge in [-0.05, 0) is 60.8 Å². The van der Waals surface area contributed by atoms with Gasteiger partial charge in [-0.15, -0.1) is 0 Å². The first-order chi connectivity index (χ1) is 14.3. The standard InChI is InChI=1S/C28H17Cl/c29-26-12-6-5-11-23(26)25-17-20-14-13-18-7-1-3-9-21(18)27(20)28-22-10-4-2-8-19(22)15-16-24(25)28/h1-17H. The summed E-state index contributed by atoms with van der Waals surface area (Å²) in [5.74, 6) is 0. The summed E-state index contributed by atoms with van der Waals surface area (Å²) in [6.45, 7) is 0. The molecule has 0 nitrogen and oxygen atoms in total. The lowest BCUT2D eigenvalue weighted by molar-refractivity contribution is 1.67. The Kier molecular flexibility index (Phi) is 3.62. The Balaban J connectivity index is 1.93. The third-order valence-electron chi connectivity index (χ3n) is 5.89. The van der Waals surface area contributed by atoms with Crippen LogP contribution in [0.15, 0.2) is 103 Å². The molecule has 6 aromatic carbocycles. The maximum atomic E-state index is 6.62. The molecule has 0 heterocycles. The highest BCUT2D eigenvalue weighted by molar-refractivity contribution is 6.35. The Morgan fingerprint density at radius 1 is 0.414 bits per heavy atom. The van der Waals surface area contributed by atoms with E-state index in [4.69, 9.17) is 11.6 Å². The predicted octanol–water partition coefficient (Wildman–Crippen LogP) is 8.62. The number of rotatable bonds is 1. The van der Waals surface area contributed by atoms with Gasteiger partial charge in [-0.2, -0.15) is 0 Å². The molecule has 136 valence electrons. The van der Waals surface area contributed by atoms with Crippen LogP contribution in [0.5, 0.6) is 0 Å². The highest BCUT2D eigenvalue weighted by atomic mass is 35.5. The zero-order chi connectivity index (χ0) is 19.4. The SMILES string of the molecule is Clc1ccccc1-c1cc2ccc3ccccc3c2c2c1ccc1ccccc12. The normalized spacial score (nSPS) is 11.6. The minimum atomic E-state index is 0.780. The Hall–Kier alpha value is -3.35. The minimum absolute atomic E-state index is 0.780. The average molecular weight is 389 g/mol. The molecule has 0 atom stereocenters. The first-order valence-corrected chi connectivity index (χ1v) is 10.2. The number of hydrogen-bond acceptors (Lipinski definition) is 0. The molecule has 1 heteroatoms. The lowest BCUT2D eigenvalue weighted by Crippen LogP contribution is -1.88. The van der Waals surface area contributed by atoms with Crippen LogP contribution in [0.1, 0.15) is 0 Å². The number of hydrogen-bond donors (Lipinski definition) is 0. The van der Waals surface area contributed by atoms with Gasteiger partial charge in [0.25, 0.3) is 0 Å². The van der Waals surface area contributed by atoms with E-state index in [1.54, 1.807) is 0 Å². The lowest BCUT2D eigenvalue weighted by Gasteiger charge is -2.16. The number of benzene rings is 6. The molecule has 0 saturated carbocycles. The maximum Gasteiger partial charge on any atom is 0.0484 e. The molecule has 0 aliphatic carbocycles. The Bertz CT molecular complexity index is 1560. The molecule has 0 aliphatic rings. The number of fused-ring (bicyclic) bond motifs is 7. The van der Waals surface area contributed by atoms with Gasteiger partial charge in [-0.25, -0.2) is 0 Å². The van der Waals surface area contributed by atoms with Crippen LogP contribution < -0.4 is 0 Å². The summed E-state index contributed by atoms with van der Waals surface area (Å²) in [5.41, 5.74) is 2.25. The molecular weight excluding hydrogens is 372 g/mol. The van der Waals surface area contributed by atoms with Crippen LogP contribution in [-0.2, 0) is 0 Å². The summed E-state index contributed by atoms with van der Waals surface area (Å²) in [6, 6.07) is 36.6. The summed E-state index contributed by atoms with van der Waals surface area (Å²) in [5, 5.41) is 10.9. The van der Waals surface area contributed by atoms with Crippen molar-refractivity contribution in [1.29, 1.82) is 0 Å². The van der Waals surface area contributed by atoms with Gasteiger partial charge in [0.1, 0.15) is 0 Å². The van der Waals surface area contributed by atoms with Crippen LogP contribution in [0.3, 0.4) is 0 Å². The van der Waals surface area contributed by atoms with Crippen molar-refractivity contribution in [2.45, 2.75) is 0 Å². The van der Waals surface area contributed by atoms with Crippen LogP contribution in [-0.4, -0.2) is 0 Å². The molecule has 6 rings (SSSR count). The molecule has 0 aliphatic heterocycles. The molecule has 0 saturated heterocycles. The van der Waals surface area contributed by atoms with E-state index in [-0.39, 0.29) is 0 Å². The van der Waals surface area contributed by atoms with E-state index in [9.17, 15) is 0 Å². The average Bonchev–Trinajstić information content (AvgIpc) is 2.78. The van der Waals surface area contributed by atoms with Gasteiger partial charge < -0.3 is 0 Å². The van der Waals surface area contributed by atoms with Crippen molar-refractivity contribution in [2.75, 3.05) is 0 Å². The van der Waals surface area contributed by atoms with Crippen LogP contribution in [0.25, 0.3) is 54.2 Å². The minimum Gasteiger partial charge on any atom is -0.0837 e. The highest BCUT2D eigenvalue weighted by Gasteiger charge is 2.14. The van der Waals surface area contributed by atoms with Crippen molar-refractivity contribution >= 4 is 54.7 Å². The van der Waals surface area contributed by atoms with E-state index in [0.717, 1.165) is 10.6 Å². The molecule has 0 spiro atoms. The van der Waals surface area contributed by atoms with Crippen molar-refractivity contribution in [3.05, 3.63) is 108 Å². The molecule has 6 aromatic rings. The molecular formula is C28H17Cl. The van der Waals surface area contributed by atoms with Crippen LogP contribution in [0, 0.1) is 0 Å². The van der Waals surface area contributed by atoms with Gasteiger partial charge in [0.15, 0.2) is 0 Å². The Labute approximate surface area is 174 Å². The quantitative estimate of drug-likeness (QED) is 0.247. The molecule has 0 unspecified atom stereocenters. The molecule has 0 amide bonds. The lowest BCUT2D eigenvalue weighted by atomic mass is 9.88. The highest BCUT2D eigenvalue weighted by Crippen LogP contribution is 2.42. The molecule has 0 N–H and O–H groups in total. The molecule has 0 bridgehead atoms. The third kappa shape index (κ3) is 2.46. The van der Waals surface area contributed by atoms with E-state index in [1.807, 2.05) is 12.1 Å². The first-order valence-electron chi connectivity index (χ1n) is 9.82. The van der Waals surface area contributed by atoms with Crippen molar-refractivity contribution in [3.63, 3.8) is 0 Å². The van der Waals surface area contributed by atoms with Crippen LogP contribution in [0.2, 0.25) is 5.02 Å². The molecule has 29 heavy (non-hydrogen) atoms. The summed E-state index contributed by atoms with van der Waals surface area (Å²) >= 11 is 6.62. The second-order valence-electron chi connectivity index (χ2n) is 7.50. The fraction of sp³-hybridized carbons (Fsp3) is 0. The smallest absolute Gasteiger partial charge is 0.0484 e. The Morgan fingerprint density at radius 2 is 1.00 bits per heavy atom. The fourth-order valence-corrected chi connectivity index (χ4v) is 4.83. The van der Waals surface area contributed by atoms with E-state index in [2.05, 4.69) is 91.0 Å². The molecule has 0 fully saturated rings. The van der Waals surface area contributed by atoms with Gasteiger partial charge >= 0.3 is 0 Å². The van der Waals surface area contributed by atoms with E-state index >= 15 is 0 Å². The zero-order valence-electron chi connectivity index (χ0n) is 15.7. The van der Waals surface area contributed by atoms with Crippen molar-refractivity contribution in [2.24, 2.45) is 0 Å². The monoisotopic (exact) mass is 388 g/mol. The van der Waals surface area contributed by atoms with Crippen molar-refractivity contribution in [3.8, 4) is 11.1 Å². The Morgan fingerprint density at radius 3 is 1.76 bits per heavy atom. The van der Waals surface area contributed by atoms with E-state index < -0.39 is 0 Å². The first kappa shape index (κ1) is 16.6. The van der Waals surface area contributed by atoms with Crippen molar-refractivity contribution < 1.29 is 0 Å². The second-order valence-corrected chi connectivity index (χ2v) is 7.91. The predicted molar refractivity (Wildman–Crippen MR) is 127 cm³/mol.